The Labute approximate surface area is 80.9 Å². The van der Waals surface area contributed by atoms with E-state index >= 15 is 0 Å². The van der Waals surface area contributed by atoms with E-state index in [4.69, 9.17) is 5.11 Å². The predicted octanol–water partition coefficient (Wildman–Crippen LogP) is 1.77. The van der Waals surface area contributed by atoms with Gasteiger partial charge in [0.2, 0.25) is 0 Å². The molecule has 1 aromatic carbocycles. The van der Waals surface area contributed by atoms with E-state index in [2.05, 4.69) is 0 Å². The average molecular weight is 216 g/mol. The van der Waals surface area contributed by atoms with Crippen LogP contribution in [-0.4, -0.2) is 24.4 Å². The lowest BCUT2D eigenvalue weighted by molar-refractivity contribution is 0.0692. The molecule has 0 aliphatic carbocycles. The fourth-order valence-electron chi connectivity index (χ4n) is 1.01. The van der Waals surface area contributed by atoms with Crippen molar-refractivity contribution >= 4 is 18.4 Å². The highest BCUT2D eigenvalue weighted by Crippen LogP contribution is 2.34. The highest BCUT2D eigenvalue weighted by molar-refractivity contribution is 7.70. The second kappa shape index (κ2) is 3.54. The van der Waals surface area contributed by atoms with Crippen LogP contribution in [0.2, 0.25) is 0 Å². The predicted molar refractivity (Wildman–Crippen MR) is 52.4 cm³/mol. The molecule has 5 heteroatoms. The van der Waals surface area contributed by atoms with Crippen molar-refractivity contribution in [1.29, 1.82) is 0 Å². The van der Waals surface area contributed by atoms with Gasteiger partial charge in [-0.05, 0) is 31.5 Å². The Hall–Kier alpha value is -1.15. The zero-order valence-corrected chi connectivity index (χ0v) is 8.72. The van der Waals surface area contributed by atoms with Crippen LogP contribution in [-0.2, 0) is 4.57 Å². The Morgan fingerprint density at radius 1 is 1.43 bits per heavy atom. The van der Waals surface area contributed by atoms with E-state index in [1.165, 1.54) is 19.4 Å². The van der Waals surface area contributed by atoms with Crippen LogP contribution in [0.5, 0.6) is 0 Å². The molecular formula is C9H10FO3P. The lowest BCUT2D eigenvalue weighted by Crippen LogP contribution is -2.09. The third kappa shape index (κ3) is 2.20. The van der Waals surface area contributed by atoms with Crippen LogP contribution < -0.4 is 5.30 Å². The Morgan fingerprint density at radius 2 is 2.00 bits per heavy atom. The average Bonchev–Trinajstić information content (AvgIpc) is 2.02. The van der Waals surface area contributed by atoms with Gasteiger partial charge in [0, 0.05) is 5.30 Å². The first-order valence-corrected chi connectivity index (χ1v) is 6.51. The molecule has 1 rings (SSSR count). The van der Waals surface area contributed by atoms with Gasteiger partial charge >= 0.3 is 5.97 Å². The maximum absolute atomic E-state index is 12.9. The smallest absolute Gasteiger partial charge is 0.338 e. The van der Waals surface area contributed by atoms with Crippen molar-refractivity contribution in [2.75, 3.05) is 13.3 Å². The van der Waals surface area contributed by atoms with Crippen LogP contribution in [0.4, 0.5) is 4.39 Å². The van der Waals surface area contributed by atoms with Crippen LogP contribution in [0.25, 0.3) is 0 Å². The van der Waals surface area contributed by atoms with Crippen molar-refractivity contribution < 1.29 is 18.9 Å². The summed E-state index contributed by atoms with van der Waals surface area (Å²) in [5.74, 6) is -2.16. The van der Waals surface area contributed by atoms with Crippen LogP contribution in [0.15, 0.2) is 18.2 Å². The van der Waals surface area contributed by atoms with E-state index in [0.29, 0.717) is 5.30 Å². The molecule has 3 nitrogen and oxygen atoms in total. The first-order valence-electron chi connectivity index (χ1n) is 3.91. The zero-order chi connectivity index (χ0) is 10.9. The van der Waals surface area contributed by atoms with E-state index < -0.39 is 24.5 Å². The molecule has 0 atom stereocenters. The van der Waals surface area contributed by atoms with E-state index in [1.807, 2.05) is 0 Å². The van der Waals surface area contributed by atoms with Crippen LogP contribution in [0.1, 0.15) is 10.4 Å². The number of rotatable bonds is 2. The largest absolute Gasteiger partial charge is 0.478 e. The third-order valence-corrected chi connectivity index (χ3v) is 3.32. The molecule has 0 spiro atoms. The molecule has 0 aromatic heterocycles. The van der Waals surface area contributed by atoms with E-state index in [0.717, 1.165) is 12.1 Å². The van der Waals surface area contributed by atoms with Crippen LogP contribution in [0, 0.1) is 5.82 Å². The van der Waals surface area contributed by atoms with Gasteiger partial charge < -0.3 is 9.67 Å². The van der Waals surface area contributed by atoms with Crippen molar-refractivity contribution in [1.82, 2.24) is 0 Å². The van der Waals surface area contributed by atoms with Gasteiger partial charge in [0.05, 0.1) is 5.56 Å². The zero-order valence-electron chi connectivity index (χ0n) is 7.82. The van der Waals surface area contributed by atoms with Crippen molar-refractivity contribution in [2.45, 2.75) is 0 Å². The summed E-state index contributed by atoms with van der Waals surface area (Å²) in [6, 6.07) is 3.50. The van der Waals surface area contributed by atoms with Crippen molar-refractivity contribution in [3.8, 4) is 0 Å². The lowest BCUT2D eigenvalue weighted by atomic mass is 10.2. The SMILES string of the molecule is CP(C)(=O)c1ccc(F)c(C(=O)O)c1. The topological polar surface area (TPSA) is 54.4 Å². The number of halogens is 1. The third-order valence-electron chi connectivity index (χ3n) is 1.80. The molecule has 0 amide bonds. The van der Waals surface area contributed by atoms with Gasteiger partial charge in [-0.1, -0.05) is 0 Å². The monoisotopic (exact) mass is 216 g/mol. The van der Waals surface area contributed by atoms with E-state index in [9.17, 15) is 13.8 Å². The fraction of sp³-hybridized carbons (Fsp3) is 0.222. The summed E-state index contributed by atoms with van der Waals surface area (Å²) in [5.41, 5.74) is -0.438. The molecule has 0 heterocycles. The Kier molecular flexibility index (Phi) is 2.76. The summed E-state index contributed by atoms with van der Waals surface area (Å²) in [5, 5.41) is 9.00. The summed E-state index contributed by atoms with van der Waals surface area (Å²) in [4.78, 5) is 10.6. The first kappa shape index (κ1) is 10.9. The van der Waals surface area contributed by atoms with Gasteiger partial charge in [0.15, 0.2) is 0 Å². The number of carboxylic acid groups (broad SMARTS) is 1. The molecule has 14 heavy (non-hydrogen) atoms. The summed E-state index contributed by atoms with van der Waals surface area (Å²) in [6.45, 7) is 3.01. The molecule has 0 unspecified atom stereocenters. The standard InChI is InChI=1S/C9H10FO3P/c1-14(2,13)6-3-4-8(10)7(5-6)9(11)12/h3-5H,1-2H3,(H,11,12). The van der Waals surface area contributed by atoms with Crippen LogP contribution in [0.3, 0.4) is 0 Å². The Morgan fingerprint density at radius 3 is 2.43 bits per heavy atom. The molecule has 0 radical (unpaired) electrons. The Bertz CT molecular complexity index is 422. The molecule has 1 aromatic rings. The van der Waals surface area contributed by atoms with Gasteiger partial charge in [0.25, 0.3) is 0 Å². The minimum atomic E-state index is -2.53. The molecule has 76 valence electrons. The van der Waals surface area contributed by atoms with Gasteiger partial charge in [0.1, 0.15) is 13.0 Å². The molecule has 0 saturated heterocycles. The molecule has 0 bridgehead atoms. The number of carbonyl (C=O) groups is 1. The number of carboxylic acids is 1. The maximum Gasteiger partial charge on any atom is 0.338 e. The number of aromatic carboxylic acids is 1. The summed E-state index contributed by atoms with van der Waals surface area (Å²) >= 11 is 0. The Balaban J connectivity index is 3.34. The molecule has 0 aliphatic heterocycles. The van der Waals surface area contributed by atoms with Gasteiger partial charge in [-0.25, -0.2) is 9.18 Å². The minimum Gasteiger partial charge on any atom is -0.478 e. The minimum absolute atomic E-state index is 0.372. The molecule has 0 fully saturated rings. The molecule has 0 saturated carbocycles. The second-order valence-corrected chi connectivity index (χ2v) is 6.54. The normalized spacial score (nSPS) is 11.4. The fourth-order valence-corrected chi connectivity index (χ4v) is 1.89. The summed E-state index contributed by atoms with van der Waals surface area (Å²) in [7, 11) is -2.53. The highest BCUT2D eigenvalue weighted by Gasteiger charge is 2.16. The number of hydrogen-bond acceptors (Lipinski definition) is 2. The molecule has 1 N–H and O–H groups in total. The number of benzene rings is 1. The highest BCUT2D eigenvalue weighted by atomic mass is 31.2. The molecule has 0 aliphatic rings. The van der Waals surface area contributed by atoms with Crippen molar-refractivity contribution in [2.24, 2.45) is 0 Å². The van der Waals surface area contributed by atoms with E-state index in [1.54, 1.807) is 0 Å². The summed E-state index contributed by atoms with van der Waals surface area (Å²) < 4.78 is 24.5. The van der Waals surface area contributed by atoms with E-state index in [-0.39, 0.29) is 0 Å². The second-order valence-electron chi connectivity index (χ2n) is 3.32. The first-order chi connectivity index (χ1) is 6.32. The van der Waals surface area contributed by atoms with Crippen molar-refractivity contribution in [3.63, 3.8) is 0 Å². The van der Waals surface area contributed by atoms with Crippen molar-refractivity contribution in [3.05, 3.63) is 29.6 Å². The summed E-state index contributed by atoms with van der Waals surface area (Å²) in [6.07, 6.45) is 0. The van der Waals surface area contributed by atoms with Gasteiger partial charge in [-0.3, -0.25) is 0 Å². The maximum atomic E-state index is 12.9. The quantitative estimate of drug-likeness (QED) is 0.766. The molecular weight excluding hydrogens is 206 g/mol. The lowest BCUT2D eigenvalue weighted by Gasteiger charge is -2.07. The van der Waals surface area contributed by atoms with Crippen LogP contribution >= 0.6 is 7.14 Å². The van der Waals surface area contributed by atoms with Gasteiger partial charge in [-0.15, -0.1) is 0 Å². The van der Waals surface area contributed by atoms with Gasteiger partial charge in [-0.2, -0.15) is 0 Å². The number of hydrogen-bond donors (Lipinski definition) is 1.